The lowest BCUT2D eigenvalue weighted by molar-refractivity contribution is -0.130. The lowest BCUT2D eigenvalue weighted by Gasteiger charge is -2.21. The molecule has 2 N–H and O–H groups in total. The van der Waals surface area contributed by atoms with Crippen molar-refractivity contribution < 1.29 is 14.7 Å². The quantitative estimate of drug-likeness (QED) is 0.826. The van der Waals surface area contributed by atoms with Crippen LogP contribution in [-0.4, -0.2) is 51.0 Å². The Bertz CT molecular complexity index is 486. The highest BCUT2D eigenvalue weighted by Crippen LogP contribution is 2.11. The first-order valence-electron chi connectivity index (χ1n) is 6.18. The van der Waals surface area contributed by atoms with Crippen LogP contribution in [0.4, 0.5) is 5.82 Å². The molecule has 102 valence electrons. The van der Waals surface area contributed by atoms with E-state index in [1.165, 1.54) is 12.4 Å². The summed E-state index contributed by atoms with van der Waals surface area (Å²) in [5.41, 5.74) is -0.147. The number of anilines is 1. The first kappa shape index (κ1) is 13.3. The molecule has 1 atom stereocenters. The Labute approximate surface area is 110 Å². The molecule has 0 spiro atoms. The number of aromatic nitrogens is 2. The number of carbonyl (C=O) groups excluding carboxylic acids is 1. The molecule has 19 heavy (non-hydrogen) atoms. The third kappa shape index (κ3) is 3.18. The number of nitrogens with zero attached hydrogens (tertiary/aromatic N) is 3. The maximum Gasteiger partial charge on any atom is 0.356 e. The van der Waals surface area contributed by atoms with Crippen LogP contribution in [0.25, 0.3) is 0 Å². The van der Waals surface area contributed by atoms with E-state index < -0.39 is 12.0 Å². The summed E-state index contributed by atoms with van der Waals surface area (Å²) < 4.78 is 0. The van der Waals surface area contributed by atoms with Gasteiger partial charge in [-0.3, -0.25) is 9.78 Å². The third-order valence-corrected chi connectivity index (χ3v) is 3.01. The van der Waals surface area contributed by atoms with E-state index in [2.05, 4.69) is 15.3 Å². The third-order valence-electron chi connectivity index (χ3n) is 3.01. The molecule has 1 aliphatic heterocycles. The minimum atomic E-state index is -1.14. The van der Waals surface area contributed by atoms with Crippen LogP contribution in [0, 0.1) is 0 Å². The number of nitrogens with one attached hydrogen (secondary N) is 1. The molecule has 1 aliphatic rings. The number of carbonyl (C=O) groups is 2. The second-order valence-corrected chi connectivity index (χ2v) is 4.49. The van der Waals surface area contributed by atoms with Gasteiger partial charge in [0.2, 0.25) is 5.91 Å². The zero-order valence-corrected chi connectivity index (χ0v) is 10.7. The van der Waals surface area contributed by atoms with Crippen molar-refractivity contribution in [2.45, 2.75) is 25.8 Å². The van der Waals surface area contributed by atoms with E-state index >= 15 is 0 Å². The zero-order valence-electron chi connectivity index (χ0n) is 10.7. The van der Waals surface area contributed by atoms with E-state index in [1.807, 2.05) is 0 Å². The molecule has 0 aliphatic carbocycles. The second kappa shape index (κ2) is 5.64. The van der Waals surface area contributed by atoms with Crippen LogP contribution >= 0.6 is 0 Å². The summed E-state index contributed by atoms with van der Waals surface area (Å²) in [7, 11) is 0. The Morgan fingerprint density at radius 3 is 2.68 bits per heavy atom. The lowest BCUT2D eigenvalue weighted by Crippen LogP contribution is -2.39. The summed E-state index contributed by atoms with van der Waals surface area (Å²) in [4.78, 5) is 32.3. The van der Waals surface area contributed by atoms with Gasteiger partial charge in [-0.2, -0.15) is 0 Å². The summed E-state index contributed by atoms with van der Waals surface area (Å²) >= 11 is 0. The molecule has 1 aromatic rings. The van der Waals surface area contributed by atoms with E-state index in [4.69, 9.17) is 5.11 Å². The molecule has 0 bridgehead atoms. The first-order valence-corrected chi connectivity index (χ1v) is 6.18. The van der Waals surface area contributed by atoms with Crippen LogP contribution in [0.5, 0.6) is 0 Å². The van der Waals surface area contributed by atoms with Crippen molar-refractivity contribution >= 4 is 17.7 Å². The molecule has 2 rings (SSSR count). The summed E-state index contributed by atoms with van der Waals surface area (Å²) in [6.07, 6.45) is 4.64. The molecule has 0 radical (unpaired) electrons. The van der Waals surface area contributed by atoms with Gasteiger partial charge in [0.1, 0.15) is 11.9 Å². The number of likely N-dealkylation sites (tertiary alicyclic amines) is 1. The number of carboxylic acids is 1. The number of aromatic carboxylic acids is 1. The van der Waals surface area contributed by atoms with Gasteiger partial charge in [0.25, 0.3) is 0 Å². The summed E-state index contributed by atoms with van der Waals surface area (Å²) in [6, 6.07) is -0.448. The van der Waals surface area contributed by atoms with Gasteiger partial charge in [0.05, 0.1) is 12.4 Å². The molecule has 1 unspecified atom stereocenters. The first-order chi connectivity index (χ1) is 9.08. The number of hydrogen-bond donors (Lipinski definition) is 2. The minimum Gasteiger partial charge on any atom is -0.476 e. The molecule has 1 amide bonds. The van der Waals surface area contributed by atoms with E-state index in [1.54, 1.807) is 11.8 Å². The van der Waals surface area contributed by atoms with Crippen LogP contribution in [0.3, 0.4) is 0 Å². The van der Waals surface area contributed by atoms with Gasteiger partial charge in [-0.15, -0.1) is 0 Å². The predicted octanol–water partition coefficient (Wildman–Crippen LogP) is 0.598. The molecule has 7 heteroatoms. The highest BCUT2D eigenvalue weighted by molar-refractivity contribution is 5.86. The van der Waals surface area contributed by atoms with Crippen molar-refractivity contribution in [3.05, 3.63) is 18.1 Å². The number of amides is 1. The number of hydrogen-bond acceptors (Lipinski definition) is 5. The average molecular weight is 264 g/mol. The monoisotopic (exact) mass is 264 g/mol. The fourth-order valence-corrected chi connectivity index (χ4v) is 2.03. The molecular weight excluding hydrogens is 248 g/mol. The van der Waals surface area contributed by atoms with Gasteiger partial charge in [0.15, 0.2) is 5.69 Å². The van der Waals surface area contributed by atoms with Crippen molar-refractivity contribution in [1.82, 2.24) is 14.9 Å². The van der Waals surface area contributed by atoms with Crippen LogP contribution in [0.15, 0.2) is 12.4 Å². The standard InChI is InChI=1S/C12H16N4O3/c1-8(11(17)16-4-2-3-5-16)14-10-7-13-6-9(15-10)12(18)19/h6-8H,2-5H2,1H3,(H,14,15)(H,18,19). The van der Waals surface area contributed by atoms with Crippen molar-refractivity contribution in [2.24, 2.45) is 0 Å². The topological polar surface area (TPSA) is 95.4 Å². The normalized spacial score (nSPS) is 16.2. The SMILES string of the molecule is CC(Nc1cncc(C(=O)O)n1)C(=O)N1CCCC1. The molecule has 1 aromatic heterocycles. The average Bonchev–Trinajstić information content (AvgIpc) is 2.92. The van der Waals surface area contributed by atoms with Crippen molar-refractivity contribution in [3.8, 4) is 0 Å². The molecule has 1 fully saturated rings. The molecular formula is C12H16N4O3. The highest BCUT2D eigenvalue weighted by atomic mass is 16.4. The van der Waals surface area contributed by atoms with E-state index in [0.717, 1.165) is 25.9 Å². The Kier molecular flexibility index (Phi) is 3.94. The van der Waals surface area contributed by atoms with Gasteiger partial charge >= 0.3 is 5.97 Å². The predicted molar refractivity (Wildman–Crippen MR) is 67.9 cm³/mol. The Balaban J connectivity index is 2.01. The highest BCUT2D eigenvalue weighted by Gasteiger charge is 2.23. The van der Waals surface area contributed by atoms with Gasteiger partial charge < -0.3 is 15.3 Å². The lowest BCUT2D eigenvalue weighted by atomic mass is 10.3. The number of carboxylic acid groups (broad SMARTS) is 1. The maximum absolute atomic E-state index is 12.1. The largest absolute Gasteiger partial charge is 0.476 e. The van der Waals surface area contributed by atoms with Gasteiger partial charge in [-0.05, 0) is 19.8 Å². The van der Waals surface area contributed by atoms with Crippen molar-refractivity contribution in [3.63, 3.8) is 0 Å². The van der Waals surface area contributed by atoms with Crippen LogP contribution in [0.2, 0.25) is 0 Å². The Hall–Kier alpha value is -2.18. The summed E-state index contributed by atoms with van der Waals surface area (Å²) in [5, 5.41) is 11.7. The van der Waals surface area contributed by atoms with Gasteiger partial charge in [-0.25, -0.2) is 9.78 Å². The summed E-state index contributed by atoms with van der Waals surface area (Å²) in [5.74, 6) is -0.852. The Morgan fingerprint density at radius 2 is 2.05 bits per heavy atom. The van der Waals surface area contributed by atoms with Crippen LogP contribution in [0.1, 0.15) is 30.3 Å². The van der Waals surface area contributed by atoms with Gasteiger partial charge in [-0.1, -0.05) is 0 Å². The smallest absolute Gasteiger partial charge is 0.356 e. The second-order valence-electron chi connectivity index (χ2n) is 4.49. The molecule has 2 heterocycles. The van der Waals surface area contributed by atoms with Crippen molar-refractivity contribution in [1.29, 1.82) is 0 Å². The van der Waals surface area contributed by atoms with Gasteiger partial charge in [0, 0.05) is 13.1 Å². The fraction of sp³-hybridized carbons (Fsp3) is 0.500. The van der Waals surface area contributed by atoms with E-state index in [-0.39, 0.29) is 11.6 Å². The molecule has 1 saturated heterocycles. The fourth-order valence-electron chi connectivity index (χ4n) is 2.03. The molecule has 7 nitrogen and oxygen atoms in total. The Morgan fingerprint density at radius 1 is 1.37 bits per heavy atom. The zero-order chi connectivity index (χ0) is 13.8. The molecule has 0 saturated carbocycles. The van der Waals surface area contributed by atoms with Crippen molar-refractivity contribution in [2.75, 3.05) is 18.4 Å². The maximum atomic E-state index is 12.1. The van der Waals surface area contributed by atoms with Crippen LogP contribution < -0.4 is 5.32 Å². The van der Waals surface area contributed by atoms with E-state index in [9.17, 15) is 9.59 Å². The minimum absolute atomic E-state index is 0.0000260. The summed E-state index contributed by atoms with van der Waals surface area (Å²) in [6.45, 7) is 3.30. The van der Waals surface area contributed by atoms with Crippen LogP contribution in [-0.2, 0) is 4.79 Å². The number of rotatable bonds is 4. The van der Waals surface area contributed by atoms with E-state index in [0.29, 0.717) is 5.82 Å². The molecule has 0 aromatic carbocycles.